The molecular weight excluding hydrogens is 585 g/mol. The zero-order chi connectivity index (χ0) is 33.9. The van der Waals surface area contributed by atoms with Crippen LogP contribution >= 0.6 is 0 Å². The molecule has 0 saturated carbocycles. The molecule has 0 heterocycles. The van der Waals surface area contributed by atoms with Gasteiger partial charge in [-0.05, 0) is 133 Å². The second-order valence-electron chi connectivity index (χ2n) is 13.3. The van der Waals surface area contributed by atoms with Gasteiger partial charge in [0.25, 0.3) is 0 Å². The molecule has 0 saturated heterocycles. The van der Waals surface area contributed by atoms with E-state index in [9.17, 15) is 0 Å². The summed E-state index contributed by atoms with van der Waals surface area (Å²) in [6.45, 7) is 0. The normalized spacial score (nSPS) is 10.9. The third kappa shape index (κ3) is 6.79. The molecule has 0 aliphatic carbocycles. The molecule has 4 nitrogen and oxygen atoms in total. The molecule has 6 aromatic carbocycles. The average molecular weight is 631 g/mol. The SMILES string of the molecule is CN(C)c1ccc([C+](c2ccc(N(C)C)cc2)c2ccc3cc([C+](c4ccc(N(C)C)cc4)c4ccc(N(C)C)cc4)ccc3c2)cc1. The highest BCUT2D eigenvalue weighted by molar-refractivity contribution is 5.86. The van der Waals surface area contributed by atoms with Crippen molar-refractivity contribution in [3.63, 3.8) is 0 Å². The average Bonchev–Trinajstić information content (AvgIpc) is 3.09. The van der Waals surface area contributed by atoms with Crippen LogP contribution in [0.25, 0.3) is 10.8 Å². The summed E-state index contributed by atoms with van der Waals surface area (Å²) < 4.78 is 0. The van der Waals surface area contributed by atoms with Gasteiger partial charge in [0.2, 0.25) is 0 Å². The molecule has 0 radical (unpaired) electrons. The second-order valence-corrected chi connectivity index (χ2v) is 13.3. The maximum Gasteiger partial charge on any atom is 0.0632 e. The lowest BCUT2D eigenvalue weighted by Crippen LogP contribution is -2.11. The Balaban J connectivity index is 1.42. The Morgan fingerprint density at radius 2 is 0.479 bits per heavy atom. The molecule has 0 amide bonds. The Hall–Kier alpha value is -5.48. The third-order valence-electron chi connectivity index (χ3n) is 9.11. The molecule has 48 heavy (non-hydrogen) atoms. The molecular formula is C44H46N4+2. The van der Waals surface area contributed by atoms with E-state index in [4.69, 9.17) is 0 Å². The standard InChI is InChI=1S/C44H46N4/c1-45(2)39-21-13-31(14-22-39)43(32-15-23-40(24-16-32)46(3)4)37-11-9-36-30-38(12-10-35(36)29-37)44(33-17-25-41(26-18-33)47(5)6)34-19-27-42(28-20-34)48(7)8/h9-30H,1-8H3/q+2. The minimum Gasteiger partial charge on any atom is -0.377 e. The van der Waals surface area contributed by atoms with Gasteiger partial charge in [-0.25, -0.2) is 0 Å². The van der Waals surface area contributed by atoms with Crippen LogP contribution in [0.4, 0.5) is 22.7 Å². The Kier molecular flexibility index (Phi) is 9.27. The van der Waals surface area contributed by atoms with Gasteiger partial charge in [0, 0.05) is 89.9 Å². The van der Waals surface area contributed by atoms with Crippen LogP contribution in [0.2, 0.25) is 0 Å². The summed E-state index contributed by atoms with van der Waals surface area (Å²) >= 11 is 0. The Morgan fingerprint density at radius 1 is 0.271 bits per heavy atom. The van der Waals surface area contributed by atoms with Gasteiger partial charge in [0.1, 0.15) is 0 Å². The van der Waals surface area contributed by atoms with Gasteiger partial charge in [0.15, 0.2) is 0 Å². The maximum absolute atomic E-state index is 2.34. The van der Waals surface area contributed by atoms with Crippen molar-refractivity contribution in [2.24, 2.45) is 0 Å². The quantitative estimate of drug-likeness (QED) is 0.111. The first-order chi connectivity index (χ1) is 23.1. The molecule has 0 aliphatic rings. The van der Waals surface area contributed by atoms with Gasteiger partial charge >= 0.3 is 0 Å². The highest BCUT2D eigenvalue weighted by Crippen LogP contribution is 2.37. The molecule has 0 N–H and O–H groups in total. The summed E-state index contributed by atoms with van der Waals surface area (Å²) in [5, 5.41) is 2.43. The fourth-order valence-corrected chi connectivity index (χ4v) is 6.26. The van der Waals surface area contributed by atoms with Gasteiger partial charge < -0.3 is 19.6 Å². The Bertz CT molecular complexity index is 1700. The van der Waals surface area contributed by atoms with Crippen LogP contribution in [0.1, 0.15) is 33.4 Å². The molecule has 4 heteroatoms. The zero-order valence-corrected chi connectivity index (χ0v) is 29.5. The number of nitrogens with zero attached hydrogens (tertiary/aromatic N) is 4. The maximum atomic E-state index is 2.34. The van der Waals surface area contributed by atoms with Crippen LogP contribution in [-0.2, 0) is 0 Å². The molecule has 0 aromatic heterocycles. The van der Waals surface area contributed by atoms with Crippen LogP contribution < -0.4 is 19.6 Å². The molecule has 6 rings (SSSR count). The van der Waals surface area contributed by atoms with E-state index in [0.29, 0.717) is 0 Å². The molecule has 0 fully saturated rings. The number of hydrogen-bond donors (Lipinski definition) is 0. The first-order valence-electron chi connectivity index (χ1n) is 16.5. The van der Waals surface area contributed by atoms with E-state index in [2.05, 4.69) is 209 Å². The minimum atomic E-state index is 1.19. The van der Waals surface area contributed by atoms with Gasteiger partial charge in [0.05, 0.1) is 45.2 Å². The van der Waals surface area contributed by atoms with E-state index < -0.39 is 0 Å². The predicted molar refractivity (Wildman–Crippen MR) is 208 cm³/mol. The second kappa shape index (κ2) is 13.7. The van der Waals surface area contributed by atoms with Gasteiger partial charge in [-0.15, -0.1) is 0 Å². The van der Waals surface area contributed by atoms with E-state index in [1.165, 1.54) is 78.7 Å². The smallest absolute Gasteiger partial charge is 0.0632 e. The monoisotopic (exact) mass is 630 g/mol. The minimum absolute atomic E-state index is 1.19. The van der Waals surface area contributed by atoms with Crippen LogP contribution in [0.15, 0.2) is 133 Å². The molecule has 0 bridgehead atoms. The summed E-state index contributed by atoms with van der Waals surface area (Å²) in [6, 6.07) is 49.3. The van der Waals surface area contributed by atoms with Crippen molar-refractivity contribution in [3.8, 4) is 0 Å². The van der Waals surface area contributed by atoms with E-state index in [1.54, 1.807) is 0 Å². The summed E-state index contributed by atoms with van der Waals surface area (Å²) in [6.07, 6.45) is 0. The number of rotatable bonds is 10. The number of fused-ring (bicyclic) bond motifs is 1. The van der Waals surface area contributed by atoms with Crippen molar-refractivity contribution in [1.82, 2.24) is 0 Å². The van der Waals surface area contributed by atoms with Crippen molar-refractivity contribution in [2.45, 2.75) is 0 Å². The lowest BCUT2D eigenvalue weighted by atomic mass is 9.82. The summed E-state index contributed by atoms with van der Waals surface area (Å²) in [5.41, 5.74) is 12.0. The zero-order valence-electron chi connectivity index (χ0n) is 29.5. The van der Waals surface area contributed by atoms with Gasteiger partial charge in [-0.3, -0.25) is 0 Å². The van der Waals surface area contributed by atoms with Crippen LogP contribution in [0.5, 0.6) is 0 Å². The fourth-order valence-electron chi connectivity index (χ4n) is 6.26. The van der Waals surface area contributed by atoms with E-state index in [-0.39, 0.29) is 0 Å². The molecule has 0 aliphatic heterocycles. The predicted octanol–water partition coefficient (Wildman–Crippen LogP) is 9.14. The highest BCUT2D eigenvalue weighted by atomic mass is 15.1. The van der Waals surface area contributed by atoms with Crippen molar-refractivity contribution < 1.29 is 0 Å². The van der Waals surface area contributed by atoms with E-state index in [1.807, 2.05) is 0 Å². The Labute approximate surface area is 287 Å². The lowest BCUT2D eigenvalue weighted by molar-refractivity contribution is 1.12. The van der Waals surface area contributed by atoms with Crippen LogP contribution in [0.3, 0.4) is 0 Å². The highest BCUT2D eigenvalue weighted by Gasteiger charge is 2.26. The molecule has 0 unspecified atom stereocenters. The van der Waals surface area contributed by atoms with Crippen LogP contribution in [0, 0.1) is 11.8 Å². The van der Waals surface area contributed by atoms with Gasteiger partial charge in [-0.1, -0.05) is 0 Å². The Morgan fingerprint density at radius 3 is 0.688 bits per heavy atom. The van der Waals surface area contributed by atoms with E-state index >= 15 is 0 Å². The van der Waals surface area contributed by atoms with Crippen LogP contribution in [-0.4, -0.2) is 56.4 Å². The largest absolute Gasteiger partial charge is 0.377 e. The van der Waals surface area contributed by atoms with Crippen molar-refractivity contribution in [2.75, 3.05) is 76.0 Å². The lowest BCUT2D eigenvalue weighted by Gasteiger charge is -2.18. The molecule has 6 aromatic rings. The molecule has 0 atom stereocenters. The fraction of sp³-hybridized carbons (Fsp3) is 0.182. The molecule has 0 spiro atoms. The van der Waals surface area contributed by atoms with Crippen molar-refractivity contribution in [3.05, 3.63) is 179 Å². The third-order valence-corrected chi connectivity index (χ3v) is 9.11. The number of anilines is 4. The summed E-state index contributed by atoms with van der Waals surface area (Å²) in [5.74, 6) is 2.46. The van der Waals surface area contributed by atoms with Crippen molar-refractivity contribution in [1.29, 1.82) is 0 Å². The molecule has 240 valence electrons. The first-order valence-corrected chi connectivity index (χ1v) is 16.5. The number of benzene rings is 6. The van der Waals surface area contributed by atoms with E-state index in [0.717, 1.165) is 0 Å². The number of hydrogen-bond acceptors (Lipinski definition) is 4. The van der Waals surface area contributed by atoms with Crippen molar-refractivity contribution >= 4 is 33.5 Å². The van der Waals surface area contributed by atoms with Gasteiger partial charge in [-0.2, -0.15) is 0 Å². The first kappa shape index (κ1) is 32.5. The topological polar surface area (TPSA) is 13.0 Å². The summed E-state index contributed by atoms with van der Waals surface area (Å²) in [4.78, 5) is 8.56. The summed E-state index contributed by atoms with van der Waals surface area (Å²) in [7, 11) is 16.6.